The van der Waals surface area contributed by atoms with E-state index in [1.165, 1.54) is 0 Å². The molecule has 2 aromatic rings. The van der Waals surface area contributed by atoms with Gasteiger partial charge in [0.05, 0.1) is 18.1 Å². The summed E-state index contributed by atoms with van der Waals surface area (Å²) in [7, 11) is 1.88. The Bertz CT molecular complexity index is 431. The normalized spacial score (nSPS) is 10.5. The lowest BCUT2D eigenvalue weighted by Gasteiger charge is -2.04. The van der Waals surface area contributed by atoms with Gasteiger partial charge in [-0.1, -0.05) is 0 Å². The molecule has 0 radical (unpaired) electrons. The van der Waals surface area contributed by atoms with Gasteiger partial charge >= 0.3 is 0 Å². The minimum Gasteiger partial charge on any atom is -0.314 e. The highest BCUT2D eigenvalue weighted by Crippen LogP contribution is 2.05. The fourth-order valence-corrected chi connectivity index (χ4v) is 1.36. The monoisotopic (exact) mass is 203 g/mol. The van der Waals surface area contributed by atoms with Gasteiger partial charge in [-0.15, -0.1) is 0 Å². The standard InChI is InChI=1S/C10H13N5/c1-8-12-3-4-15(8)10-7-13-9(5-11-2)6-14-10/h3-4,6-7,11H,5H2,1-2H3. The molecule has 78 valence electrons. The summed E-state index contributed by atoms with van der Waals surface area (Å²) in [4.78, 5) is 12.7. The molecule has 0 saturated carbocycles. The van der Waals surface area contributed by atoms with Crippen molar-refractivity contribution < 1.29 is 0 Å². The zero-order chi connectivity index (χ0) is 10.7. The Morgan fingerprint density at radius 1 is 1.27 bits per heavy atom. The van der Waals surface area contributed by atoms with E-state index >= 15 is 0 Å². The second-order valence-electron chi connectivity index (χ2n) is 3.24. The largest absolute Gasteiger partial charge is 0.314 e. The van der Waals surface area contributed by atoms with Gasteiger partial charge in [0.25, 0.3) is 0 Å². The lowest BCUT2D eigenvalue weighted by atomic mass is 10.4. The zero-order valence-corrected chi connectivity index (χ0v) is 8.81. The third-order valence-electron chi connectivity index (χ3n) is 2.12. The molecule has 0 spiro atoms. The fraction of sp³-hybridized carbons (Fsp3) is 0.300. The number of nitrogens with zero attached hydrogens (tertiary/aromatic N) is 4. The molecule has 0 amide bonds. The van der Waals surface area contributed by atoms with Crippen LogP contribution in [0, 0.1) is 6.92 Å². The van der Waals surface area contributed by atoms with Crippen molar-refractivity contribution in [1.82, 2.24) is 24.8 Å². The molecule has 5 nitrogen and oxygen atoms in total. The first kappa shape index (κ1) is 9.79. The highest BCUT2D eigenvalue weighted by Gasteiger charge is 2.01. The van der Waals surface area contributed by atoms with Crippen LogP contribution in [0.3, 0.4) is 0 Å². The Morgan fingerprint density at radius 3 is 2.67 bits per heavy atom. The van der Waals surface area contributed by atoms with Crippen molar-refractivity contribution in [2.75, 3.05) is 7.05 Å². The highest BCUT2D eigenvalue weighted by atomic mass is 15.1. The molecule has 0 fully saturated rings. The molecule has 1 N–H and O–H groups in total. The summed E-state index contributed by atoms with van der Waals surface area (Å²) in [6.07, 6.45) is 7.14. The predicted octanol–water partition coefficient (Wildman–Crippen LogP) is 0.690. The highest BCUT2D eigenvalue weighted by molar-refractivity contribution is 5.21. The molecule has 0 bridgehead atoms. The first-order valence-electron chi connectivity index (χ1n) is 4.77. The van der Waals surface area contributed by atoms with Crippen molar-refractivity contribution in [3.8, 4) is 5.82 Å². The molecule has 0 saturated heterocycles. The molecule has 0 aliphatic rings. The number of hydrogen-bond donors (Lipinski definition) is 1. The van der Waals surface area contributed by atoms with Crippen LogP contribution in [0.4, 0.5) is 0 Å². The Kier molecular flexibility index (Phi) is 2.73. The van der Waals surface area contributed by atoms with Crippen molar-refractivity contribution >= 4 is 0 Å². The second-order valence-corrected chi connectivity index (χ2v) is 3.24. The van der Waals surface area contributed by atoms with Gasteiger partial charge < -0.3 is 5.32 Å². The Morgan fingerprint density at radius 2 is 2.13 bits per heavy atom. The lowest BCUT2D eigenvalue weighted by molar-refractivity contribution is 0.778. The van der Waals surface area contributed by atoms with Crippen LogP contribution in [0.15, 0.2) is 24.8 Å². The van der Waals surface area contributed by atoms with E-state index in [0.717, 1.165) is 23.9 Å². The summed E-state index contributed by atoms with van der Waals surface area (Å²) in [5.74, 6) is 1.70. The molecule has 15 heavy (non-hydrogen) atoms. The first-order chi connectivity index (χ1) is 7.31. The van der Waals surface area contributed by atoms with Crippen LogP contribution >= 0.6 is 0 Å². The van der Waals surface area contributed by atoms with E-state index in [-0.39, 0.29) is 0 Å². The van der Waals surface area contributed by atoms with Crippen molar-refractivity contribution in [2.24, 2.45) is 0 Å². The third kappa shape index (κ3) is 2.02. The van der Waals surface area contributed by atoms with Crippen molar-refractivity contribution in [3.05, 3.63) is 36.3 Å². The van der Waals surface area contributed by atoms with Crippen molar-refractivity contribution in [3.63, 3.8) is 0 Å². The minimum atomic E-state index is 0.732. The molecule has 0 unspecified atom stereocenters. The van der Waals surface area contributed by atoms with E-state index in [1.54, 1.807) is 18.6 Å². The molecule has 0 aliphatic carbocycles. The number of imidazole rings is 1. The van der Waals surface area contributed by atoms with Gasteiger partial charge in [0.1, 0.15) is 5.82 Å². The van der Waals surface area contributed by atoms with Gasteiger partial charge in [0, 0.05) is 18.9 Å². The van der Waals surface area contributed by atoms with Crippen LogP contribution in [0.1, 0.15) is 11.5 Å². The molecule has 0 aromatic carbocycles. The van der Waals surface area contributed by atoms with Gasteiger partial charge in [0.2, 0.25) is 0 Å². The average Bonchev–Trinajstić information content (AvgIpc) is 2.66. The minimum absolute atomic E-state index is 0.732. The number of aryl methyl sites for hydroxylation is 1. The van der Waals surface area contributed by atoms with Crippen LogP contribution < -0.4 is 5.32 Å². The SMILES string of the molecule is CNCc1cnc(-n2ccnc2C)cn1. The van der Waals surface area contributed by atoms with E-state index in [1.807, 2.05) is 24.7 Å². The maximum atomic E-state index is 4.32. The van der Waals surface area contributed by atoms with Crippen molar-refractivity contribution in [2.45, 2.75) is 13.5 Å². The van der Waals surface area contributed by atoms with E-state index in [0.29, 0.717) is 0 Å². The third-order valence-corrected chi connectivity index (χ3v) is 2.12. The number of nitrogens with one attached hydrogen (secondary N) is 1. The lowest BCUT2D eigenvalue weighted by Crippen LogP contribution is -2.08. The molecular formula is C10H13N5. The van der Waals surface area contributed by atoms with E-state index < -0.39 is 0 Å². The molecule has 5 heteroatoms. The predicted molar refractivity (Wildman–Crippen MR) is 56.7 cm³/mol. The number of aromatic nitrogens is 4. The smallest absolute Gasteiger partial charge is 0.156 e. The molecule has 2 rings (SSSR count). The van der Waals surface area contributed by atoms with Crippen LogP contribution in [0.2, 0.25) is 0 Å². The summed E-state index contributed by atoms with van der Waals surface area (Å²) in [5, 5.41) is 3.03. The molecule has 0 atom stereocenters. The van der Waals surface area contributed by atoms with Crippen molar-refractivity contribution in [1.29, 1.82) is 0 Å². The summed E-state index contributed by atoms with van der Waals surface area (Å²) in [5.41, 5.74) is 0.930. The summed E-state index contributed by atoms with van der Waals surface area (Å²) < 4.78 is 1.90. The van der Waals surface area contributed by atoms with Gasteiger partial charge in [-0.25, -0.2) is 9.97 Å². The summed E-state index contributed by atoms with van der Waals surface area (Å²) in [6.45, 7) is 2.67. The van der Waals surface area contributed by atoms with Crippen LogP contribution in [0.25, 0.3) is 5.82 Å². The maximum absolute atomic E-state index is 4.32. The first-order valence-corrected chi connectivity index (χ1v) is 4.77. The van der Waals surface area contributed by atoms with Crippen LogP contribution in [-0.2, 0) is 6.54 Å². The fourth-order valence-electron chi connectivity index (χ4n) is 1.36. The number of rotatable bonds is 3. The van der Waals surface area contributed by atoms with Gasteiger partial charge in [-0.3, -0.25) is 9.55 Å². The van der Waals surface area contributed by atoms with Crippen LogP contribution in [-0.4, -0.2) is 26.6 Å². The van der Waals surface area contributed by atoms with Gasteiger partial charge in [-0.05, 0) is 14.0 Å². The van der Waals surface area contributed by atoms with E-state index in [4.69, 9.17) is 0 Å². The summed E-state index contributed by atoms with van der Waals surface area (Å²) in [6, 6.07) is 0. The van der Waals surface area contributed by atoms with Crippen LogP contribution in [0.5, 0.6) is 0 Å². The Labute approximate surface area is 88.2 Å². The Hall–Kier alpha value is -1.75. The zero-order valence-electron chi connectivity index (χ0n) is 8.81. The summed E-state index contributed by atoms with van der Waals surface area (Å²) >= 11 is 0. The Balaban J connectivity index is 2.28. The van der Waals surface area contributed by atoms with E-state index in [2.05, 4.69) is 20.3 Å². The van der Waals surface area contributed by atoms with Gasteiger partial charge in [-0.2, -0.15) is 0 Å². The molecule has 0 aliphatic heterocycles. The average molecular weight is 203 g/mol. The van der Waals surface area contributed by atoms with Gasteiger partial charge in [0.15, 0.2) is 5.82 Å². The number of hydrogen-bond acceptors (Lipinski definition) is 4. The molecule has 2 aromatic heterocycles. The second kappa shape index (κ2) is 4.18. The quantitative estimate of drug-likeness (QED) is 0.797. The topological polar surface area (TPSA) is 55.6 Å². The van der Waals surface area contributed by atoms with E-state index in [9.17, 15) is 0 Å². The maximum Gasteiger partial charge on any atom is 0.156 e. The molecular weight excluding hydrogens is 190 g/mol. The molecule has 2 heterocycles.